The Labute approximate surface area is 153 Å². The van der Waals surface area contributed by atoms with E-state index in [0.717, 1.165) is 29.4 Å². The highest BCUT2D eigenvalue weighted by molar-refractivity contribution is 9.10. The summed E-state index contributed by atoms with van der Waals surface area (Å²) in [5.41, 5.74) is 1.80. The molecular weight excluding hydrogens is 404 g/mol. The van der Waals surface area contributed by atoms with Crippen LogP contribution in [-0.4, -0.2) is 23.8 Å². The summed E-state index contributed by atoms with van der Waals surface area (Å²) >= 11 is 3.25. The van der Waals surface area contributed by atoms with Crippen LogP contribution < -0.4 is 5.32 Å². The first-order valence-electron chi connectivity index (χ1n) is 7.85. The third-order valence-electron chi connectivity index (χ3n) is 4.05. The van der Waals surface area contributed by atoms with Crippen LogP contribution in [-0.2, 0) is 16.6 Å². The number of halogens is 1. The third kappa shape index (κ3) is 2.75. The van der Waals surface area contributed by atoms with Crippen molar-refractivity contribution < 1.29 is 8.42 Å². The Bertz CT molecular complexity index is 1120. The first kappa shape index (κ1) is 16.3. The predicted octanol–water partition coefficient (Wildman–Crippen LogP) is 3.77. The molecule has 0 aliphatic carbocycles. The lowest BCUT2D eigenvalue weighted by molar-refractivity contribution is 0.597. The van der Waals surface area contributed by atoms with Crippen LogP contribution in [0.2, 0.25) is 0 Å². The molecule has 128 valence electrons. The highest BCUT2D eigenvalue weighted by Crippen LogP contribution is 2.31. The van der Waals surface area contributed by atoms with Crippen LogP contribution in [0.15, 0.2) is 56.5 Å². The highest BCUT2D eigenvalue weighted by atomic mass is 79.9. The summed E-state index contributed by atoms with van der Waals surface area (Å²) < 4.78 is 31.9. The van der Waals surface area contributed by atoms with Gasteiger partial charge in [0.05, 0.1) is 0 Å². The molecule has 1 aliphatic rings. The predicted molar refractivity (Wildman–Crippen MR) is 102 cm³/mol. The second kappa shape index (κ2) is 5.96. The molecule has 25 heavy (non-hydrogen) atoms. The summed E-state index contributed by atoms with van der Waals surface area (Å²) in [6.45, 7) is 2.95. The molecule has 0 spiro atoms. The molecule has 1 aromatic carbocycles. The molecule has 0 unspecified atom stereocenters. The number of nitrogens with one attached hydrogen (secondary N) is 1. The van der Waals surface area contributed by atoms with E-state index in [4.69, 9.17) is 0 Å². The molecule has 0 saturated heterocycles. The van der Waals surface area contributed by atoms with E-state index in [1.54, 1.807) is 6.20 Å². The molecule has 2 aromatic heterocycles. The fourth-order valence-corrected chi connectivity index (χ4v) is 4.58. The monoisotopic (exact) mass is 418 g/mol. The smallest absolute Gasteiger partial charge is 0.288 e. The van der Waals surface area contributed by atoms with Gasteiger partial charge in [-0.1, -0.05) is 25.1 Å². The molecule has 4 rings (SSSR count). The number of benzene rings is 1. The van der Waals surface area contributed by atoms with E-state index >= 15 is 0 Å². The molecule has 6 nitrogen and oxygen atoms in total. The molecule has 0 bridgehead atoms. The molecule has 3 heterocycles. The van der Waals surface area contributed by atoms with Crippen LogP contribution in [0, 0.1) is 0 Å². The number of anilines is 1. The standard InChI is InChI=1S/C17H15BrN4O2S/c1-2-7-22-10-13(12-5-3-4-6-14(12)22)16-20-17-15(25(23,24)21-16)8-11(18)9-19-17/h3-6,8-10H,2,7H2,1H3,(H,19,20,21). The topological polar surface area (TPSA) is 76.3 Å². The zero-order valence-electron chi connectivity index (χ0n) is 13.4. The second-order valence-corrected chi connectivity index (χ2v) is 8.28. The first-order chi connectivity index (χ1) is 12.0. The Morgan fingerprint density at radius 1 is 1.28 bits per heavy atom. The number of fused-ring (bicyclic) bond motifs is 2. The third-order valence-corrected chi connectivity index (χ3v) is 5.78. The molecular formula is C17H15BrN4O2S. The maximum Gasteiger partial charge on any atom is 0.288 e. The van der Waals surface area contributed by atoms with Gasteiger partial charge in [0.2, 0.25) is 0 Å². The lowest BCUT2D eigenvalue weighted by Crippen LogP contribution is -2.23. The fourth-order valence-electron chi connectivity index (χ4n) is 2.99. The van der Waals surface area contributed by atoms with Crippen LogP contribution in [0.1, 0.15) is 18.9 Å². The summed E-state index contributed by atoms with van der Waals surface area (Å²) in [5, 5.41) is 4.03. The molecule has 0 saturated carbocycles. The number of hydrogen-bond donors (Lipinski definition) is 1. The summed E-state index contributed by atoms with van der Waals surface area (Å²) in [6.07, 6.45) is 4.48. The van der Waals surface area contributed by atoms with E-state index in [-0.39, 0.29) is 4.90 Å². The second-order valence-electron chi connectivity index (χ2n) is 5.79. The van der Waals surface area contributed by atoms with Gasteiger partial charge in [-0.3, -0.25) is 0 Å². The lowest BCUT2D eigenvalue weighted by Gasteiger charge is -2.17. The SMILES string of the molecule is CCCn1cc(C2=NS(=O)(=O)c3cc(Br)cnc3N2)c2ccccc21. The Balaban J connectivity index is 1.91. The summed E-state index contributed by atoms with van der Waals surface area (Å²) in [6, 6.07) is 9.40. The van der Waals surface area contributed by atoms with Crippen molar-refractivity contribution in [2.45, 2.75) is 24.8 Å². The number of para-hydroxylation sites is 1. The minimum absolute atomic E-state index is 0.0721. The minimum atomic E-state index is -3.81. The van der Waals surface area contributed by atoms with E-state index in [0.29, 0.717) is 16.1 Å². The molecule has 1 aliphatic heterocycles. The zero-order valence-corrected chi connectivity index (χ0v) is 15.8. The zero-order chi connectivity index (χ0) is 17.6. The largest absolute Gasteiger partial charge is 0.347 e. The summed E-state index contributed by atoms with van der Waals surface area (Å²) in [5.74, 6) is 0.592. The van der Waals surface area contributed by atoms with Crippen molar-refractivity contribution in [2.75, 3.05) is 5.32 Å². The molecule has 3 aromatic rings. The van der Waals surface area contributed by atoms with E-state index < -0.39 is 10.0 Å². The van der Waals surface area contributed by atoms with Gasteiger partial charge in [-0.15, -0.1) is 4.40 Å². The first-order valence-corrected chi connectivity index (χ1v) is 10.1. The van der Waals surface area contributed by atoms with Crippen molar-refractivity contribution in [1.82, 2.24) is 9.55 Å². The number of nitrogens with zero attached hydrogens (tertiary/aromatic N) is 3. The van der Waals surface area contributed by atoms with Gasteiger partial charge in [-0.2, -0.15) is 8.42 Å². The van der Waals surface area contributed by atoms with Crippen LogP contribution in [0.3, 0.4) is 0 Å². The van der Waals surface area contributed by atoms with E-state index in [9.17, 15) is 8.42 Å². The summed E-state index contributed by atoms with van der Waals surface area (Å²) in [7, 11) is -3.81. The van der Waals surface area contributed by atoms with Gasteiger partial charge >= 0.3 is 0 Å². The number of hydrogen-bond acceptors (Lipinski definition) is 4. The van der Waals surface area contributed by atoms with Gasteiger partial charge in [-0.05, 0) is 34.5 Å². The maximum absolute atomic E-state index is 12.6. The molecule has 0 amide bonds. The minimum Gasteiger partial charge on any atom is -0.347 e. The van der Waals surface area contributed by atoms with Gasteiger partial charge < -0.3 is 9.88 Å². The number of rotatable bonds is 3. The van der Waals surface area contributed by atoms with Crippen molar-refractivity contribution in [3.63, 3.8) is 0 Å². The van der Waals surface area contributed by atoms with Crippen molar-refractivity contribution in [3.05, 3.63) is 52.8 Å². The Kier molecular flexibility index (Phi) is 3.88. The maximum atomic E-state index is 12.6. The average molecular weight is 419 g/mol. The lowest BCUT2D eigenvalue weighted by atomic mass is 10.1. The van der Waals surface area contributed by atoms with E-state index in [1.807, 2.05) is 30.5 Å². The van der Waals surface area contributed by atoms with Gasteiger partial charge in [0.25, 0.3) is 10.0 Å². The normalized spacial score (nSPS) is 15.5. The van der Waals surface area contributed by atoms with Crippen LogP contribution in [0.25, 0.3) is 10.9 Å². The number of pyridine rings is 1. The van der Waals surface area contributed by atoms with E-state index in [1.165, 1.54) is 6.07 Å². The Morgan fingerprint density at radius 3 is 2.88 bits per heavy atom. The highest BCUT2D eigenvalue weighted by Gasteiger charge is 2.28. The van der Waals surface area contributed by atoms with Crippen LogP contribution >= 0.6 is 15.9 Å². The number of sulfonamides is 1. The number of aryl methyl sites for hydroxylation is 1. The van der Waals surface area contributed by atoms with Crippen molar-refractivity contribution in [3.8, 4) is 0 Å². The van der Waals surface area contributed by atoms with Crippen LogP contribution in [0.4, 0.5) is 5.82 Å². The molecule has 8 heteroatoms. The van der Waals surface area contributed by atoms with Crippen LogP contribution in [0.5, 0.6) is 0 Å². The van der Waals surface area contributed by atoms with Crippen molar-refractivity contribution in [2.24, 2.45) is 4.40 Å². The number of amidine groups is 1. The quantitative estimate of drug-likeness (QED) is 0.701. The Morgan fingerprint density at radius 2 is 2.08 bits per heavy atom. The van der Waals surface area contributed by atoms with Gasteiger partial charge in [0.1, 0.15) is 4.90 Å². The molecule has 0 radical (unpaired) electrons. The average Bonchev–Trinajstić information content (AvgIpc) is 2.94. The molecule has 1 N–H and O–H groups in total. The summed E-state index contributed by atoms with van der Waals surface area (Å²) in [4.78, 5) is 4.26. The van der Waals surface area contributed by atoms with Crippen molar-refractivity contribution >= 4 is 48.5 Å². The molecule has 0 fully saturated rings. The number of aromatic nitrogens is 2. The van der Waals surface area contributed by atoms with E-state index in [2.05, 4.69) is 42.1 Å². The fraction of sp³-hybridized carbons (Fsp3) is 0.176. The Hall–Kier alpha value is -2.19. The van der Waals surface area contributed by atoms with Gasteiger partial charge in [-0.25, -0.2) is 4.98 Å². The van der Waals surface area contributed by atoms with Gasteiger partial charge in [0.15, 0.2) is 11.7 Å². The molecule has 0 atom stereocenters. The van der Waals surface area contributed by atoms with Crippen molar-refractivity contribution in [1.29, 1.82) is 0 Å². The van der Waals surface area contributed by atoms with Gasteiger partial charge in [0, 0.05) is 39.9 Å².